The topological polar surface area (TPSA) is 72.2 Å². The molecular weight excluding hydrogens is 304 g/mol. The first kappa shape index (κ1) is 17.7. The van der Waals surface area contributed by atoms with Gasteiger partial charge in [0.15, 0.2) is 0 Å². The molecule has 114 valence electrons. The fourth-order valence-electron chi connectivity index (χ4n) is 1.56. The molecule has 0 radical (unpaired) electrons. The van der Waals surface area contributed by atoms with E-state index in [-0.39, 0.29) is 4.90 Å². The number of nitrogens with two attached hydrogens (primary N) is 1. The van der Waals surface area contributed by atoms with Crippen molar-refractivity contribution in [3.63, 3.8) is 0 Å². The average Bonchev–Trinajstić information content (AvgIpc) is 2.45. The Morgan fingerprint density at radius 2 is 1.95 bits per heavy atom. The van der Waals surface area contributed by atoms with Crippen LogP contribution in [0.25, 0.3) is 0 Å². The largest absolute Gasteiger partial charge is 0.312 e. The number of nitrogens with one attached hydrogen (secondary N) is 1. The molecule has 0 aliphatic carbocycles. The zero-order chi connectivity index (χ0) is 15.7. The van der Waals surface area contributed by atoms with E-state index in [0.29, 0.717) is 6.54 Å². The third kappa shape index (κ3) is 6.77. The molecule has 0 spiro atoms. The number of sulfonamides is 1. The van der Waals surface area contributed by atoms with Gasteiger partial charge in [0.1, 0.15) is 0 Å². The second-order valence-corrected chi connectivity index (χ2v) is 6.95. The summed E-state index contributed by atoms with van der Waals surface area (Å²) < 4.78 is 22.3. The number of benzene rings is 1. The molecule has 0 saturated carbocycles. The van der Waals surface area contributed by atoms with Gasteiger partial charge in [-0.05, 0) is 23.8 Å². The van der Waals surface area contributed by atoms with Crippen LogP contribution in [0, 0.1) is 0 Å². The third-order valence-electron chi connectivity index (χ3n) is 2.61. The molecule has 1 aromatic rings. The molecule has 0 aliphatic heterocycles. The minimum atomic E-state index is -3.61. The minimum Gasteiger partial charge on any atom is -0.312 e. The molecule has 3 N–H and O–H groups in total. The zero-order valence-corrected chi connectivity index (χ0v) is 13.4. The first-order valence-electron chi connectivity index (χ1n) is 6.38. The van der Waals surface area contributed by atoms with Crippen molar-refractivity contribution in [2.45, 2.75) is 11.4 Å². The number of rotatable bonds is 9. The van der Waals surface area contributed by atoms with Crippen molar-refractivity contribution in [3.8, 4) is 0 Å². The van der Waals surface area contributed by atoms with Crippen molar-refractivity contribution in [2.75, 3.05) is 12.3 Å². The van der Waals surface area contributed by atoms with Gasteiger partial charge in [-0.2, -0.15) is 0 Å². The Kier molecular flexibility index (Phi) is 7.45. The van der Waals surface area contributed by atoms with Crippen LogP contribution >= 0.6 is 11.8 Å². The van der Waals surface area contributed by atoms with Gasteiger partial charge in [0.2, 0.25) is 10.0 Å². The molecule has 1 aromatic carbocycles. The third-order valence-corrected chi connectivity index (χ3v) is 4.59. The standard InChI is InChI=1S/C15H20N2O2S2/c1-3-5-14(4-2)20-11-10-17-12-13-6-8-15(9-7-13)21(16,18)19/h3-9,17H,1-2,10-12H2,(H2,16,18,19)/b14-5+. The van der Waals surface area contributed by atoms with Crippen LogP contribution in [0.2, 0.25) is 0 Å². The molecule has 1 rings (SSSR count). The van der Waals surface area contributed by atoms with E-state index in [1.807, 2.05) is 6.08 Å². The van der Waals surface area contributed by atoms with Crippen molar-refractivity contribution in [1.29, 1.82) is 0 Å². The lowest BCUT2D eigenvalue weighted by atomic mass is 10.2. The normalized spacial score (nSPS) is 12.1. The number of hydrogen-bond acceptors (Lipinski definition) is 4. The van der Waals surface area contributed by atoms with Crippen LogP contribution < -0.4 is 10.5 Å². The zero-order valence-electron chi connectivity index (χ0n) is 11.8. The van der Waals surface area contributed by atoms with Crippen molar-refractivity contribution >= 4 is 21.8 Å². The molecule has 0 aromatic heterocycles. The Morgan fingerprint density at radius 1 is 1.29 bits per heavy atom. The molecular formula is C15H20N2O2S2. The lowest BCUT2D eigenvalue weighted by Crippen LogP contribution is -2.17. The van der Waals surface area contributed by atoms with Gasteiger partial charge in [0.25, 0.3) is 0 Å². The lowest BCUT2D eigenvalue weighted by molar-refractivity contribution is 0.597. The Hall–Kier alpha value is -1.34. The summed E-state index contributed by atoms with van der Waals surface area (Å²) in [6, 6.07) is 6.55. The van der Waals surface area contributed by atoms with Crippen molar-refractivity contribution in [3.05, 3.63) is 66.1 Å². The molecule has 0 saturated heterocycles. The van der Waals surface area contributed by atoms with Crippen LogP contribution in [-0.2, 0) is 16.6 Å². The molecule has 0 heterocycles. The number of primary sulfonamides is 1. The Bertz CT molecular complexity index is 605. The maximum absolute atomic E-state index is 11.1. The summed E-state index contributed by atoms with van der Waals surface area (Å²) in [6.45, 7) is 8.91. The van der Waals surface area contributed by atoms with Crippen LogP contribution in [0.3, 0.4) is 0 Å². The number of thioether (sulfide) groups is 1. The fourth-order valence-corrected chi connectivity index (χ4v) is 2.87. The molecule has 0 amide bonds. The molecule has 4 nitrogen and oxygen atoms in total. The van der Waals surface area contributed by atoms with E-state index in [0.717, 1.165) is 22.8 Å². The molecule has 21 heavy (non-hydrogen) atoms. The molecule has 0 atom stereocenters. The quantitative estimate of drug-likeness (QED) is 0.540. The SMILES string of the molecule is C=C/C=C(\C=C)SCCNCc1ccc(S(N)(=O)=O)cc1. The maximum atomic E-state index is 11.1. The van der Waals surface area contributed by atoms with Gasteiger partial charge in [-0.3, -0.25) is 0 Å². The highest BCUT2D eigenvalue weighted by molar-refractivity contribution is 8.03. The van der Waals surface area contributed by atoms with E-state index in [9.17, 15) is 8.42 Å². The second-order valence-electron chi connectivity index (χ2n) is 4.22. The molecule has 0 aliphatic rings. The predicted octanol–water partition coefficient (Wildman–Crippen LogP) is 2.41. The van der Waals surface area contributed by atoms with Crippen molar-refractivity contribution in [1.82, 2.24) is 5.32 Å². The van der Waals surface area contributed by atoms with Gasteiger partial charge >= 0.3 is 0 Å². The van der Waals surface area contributed by atoms with Crippen LogP contribution in [-0.4, -0.2) is 20.7 Å². The summed E-state index contributed by atoms with van der Waals surface area (Å²) in [5, 5.41) is 8.34. The Labute approximate surface area is 130 Å². The van der Waals surface area contributed by atoms with Gasteiger partial charge in [-0.15, -0.1) is 11.8 Å². The van der Waals surface area contributed by atoms with Gasteiger partial charge in [-0.25, -0.2) is 13.6 Å². The molecule has 6 heteroatoms. The van der Waals surface area contributed by atoms with Gasteiger partial charge in [-0.1, -0.05) is 37.4 Å². The van der Waals surface area contributed by atoms with Gasteiger partial charge < -0.3 is 5.32 Å². The Balaban J connectivity index is 2.35. The number of hydrogen-bond donors (Lipinski definition) is 2. The summed E-state index contributed by atoms with van der Waals surface area (Å²) in [5.41, 5.74) is 1.01. The first-order chi connectivity index (χ1) is 9.97. The summed E-state index contributed by atoms with van der Waals surface area (Å²) >= 11 is 1.70. The smallest absolute Gasteiger partial charge is 0.238 e. The van der Waals surface area contributed by atoms with E-state index >= 15 is 0 Å². The lowest BCUT2D eigenvalue weighted by Gasteiger charge is -2.06. The number of allylic oxidation sites excluding steroid dienone is 3. The summed E-state index contributed by atoms with van der Waals surface area (Å²) in [6.07, 6.45) is 5.46. The van der Waals surface area contributed by atoms with Crippen molar-refractivity contribution < 1.29 is 8.42 Å². The highest BCUT2D eigenvalue weighted by atomic mass is 32.2. The molecule has 0 unspecified atom stereocenters. The van der Waals surface area contributed by atoms with E-state index < -0.39 is 10.0 Å². The van der Waals surface area contributed by atoms with E-state index in [1.54, 1.807) is 36.0 Å². The van der Waals surface area contributed by atoms with E-state index in [2.05, 4.69) is 18.5 Å². The monoisotopic (exact) mass is 324 g/mol. The van der Waals surface area contributed by atoms with Gasteiger partial charge in [0, 0.05) is 23.7 Å². The van der Waals surface area contributed by atoms with Crippen molar-refractivity contribution in [2.24, 2.45) is 5.14 Å². The summed E-state index contributed by atoms with van der Waals surface area (Å²) in [5.74, 6) is 0.918. The highest BCUT2D eigenvalue weighted by Crippen LogP contribution is 2.15. The molecule has 0 bridgehead atoms. The maximum Gasteiger partial charge on any atom is 0.238 e. The van der Waals surface area contributed by atoms with Crippen LogP contribution in [0.1, 0.15) is 5.56 Å². The van der Waals surface area contributed by atoms with Crippen LogP contribution in [0.15, 0.2) is 65.5 Å². The van der Waals surface area contributed by atoms with E-state index in [4.69, 9.17) is 5.14 Å². The minimum absolute atomic E-state index is 0.131. The van der Waals surface area contributed by atoms with Gasteiger partial charge in [0.05, 0.1) is 4.90 Å². The molecule has 0 fully saturated rings. The van der Waals surface area contributed by atoms with Crippen LogP contribution in [0.5, 0.6) is 0 Å². The van der Waals surface area contributed by atoms with Crippen LogP contribution in [0.4, 0.5) is 0 Å². The Morgan fingerprint density at radius 3 is 2.48 bits per heavy atom. The first-order valence-corrected chi connectivity index (χ1v) is 8.91. The predicted molar refractivity (Wildman–Crippen MR) is 90.5 cm³/mol. The highest BCUT2D eigenvalue weighted by Gasteiger charge is 2.06. The average molecular weight is 324 g/mol. The van der Waals surface area contributed by atoms with E-state index in [1.165, 1.54) is 12.1 Å². The fraction of sp³-hybridized carbons (Fsp3) is 0.200. The summed E-state index contributed by atoms with van der Waals surface area (Å²) in [7, 11) is -3.61. The second kappa shape index (κ2) is 8.84. The summed E-state index contributed by atoms with van der Waals surface area (Å²) in [4.78, 5) is 1.22.